The van der Waals surface area contributed by atoms with Crippen molar-refractivity contribution in [3.8, 4) is 0 Å². The van der Waals surface area contributed by atoms with Crippen molar-refractivity contribution in [2.24, 2.45) is 5.73 Å². The number of oxazole rings is 1. The molecule has 0 saturated heterocycles. The highest BCUT2D eigenvalue weighted by molar-refractivity contribution is 5.72. The molecule has 86 valence electrons. The van der Waals surface area contributed by atoms with Gasteiger partial charge in [0.1, 0.15) is 0 Å². The van der Waals surface area contributed by atoms with E-state index in [4.69, 9.17) is 10.2 Å². The van der Waals surface area contributed by atoms with Gasteiger partial charge in [0, 0.05) is 12.6 Å². The molecule has 1 unspecified atom stereocenters. The first-order valence-electron chi connectivity index (χ1n) is 5.56. The number of para-hydroxylation sites is 2. The van der Waals surface area contributed by atoms with Crippen LogP contribution in [0.3, 0.4) is 0 Å². The molecule has 1 aromatic heterocycles. The zero-order valence-corrected chi connectivity index (χ0v) is 9.35. The lowest BCUT2D eigenvalue weighted by Gasteiger charge is -2.10. The minimum atomic E-state index is -0.326. The molecule has 0 amide bonds. The zero-order valence-electron chi connectivity index (χ0n) is 9.35. The Morgan fingerprint density at radius 3 is 2.94 bits per heavy atom. The normalized spacial score (nSPS) is 13.1. The first kappa shape index (κ1) is 11.0. The van der Waals surface area contributed by atoms with Crippen LogP contribution >= 0.6 is 0 Å². The average Bonchev–Trinajstić information content (AvgIpc) is 2.56. The number of nitrogens with two attached hydrogens (primary N) is 1. The quantitative estimate of drug-likeness (QED) is 0.853. The predicted octanol–water partition coefficient (Wildman–Crippen LogP) is 1.72. The van der Waals surface area contributed by atoms with Crippen LogP contribution in [0.2, 0.25) is 0 Å². The van der Waals surface area contributed by atoms with Gasteiger partial charge in [-0.05, 0) is 18.6 Å². The number of aromatic nitrogens is 1. The maximum absolute atomic E-state index is 11.6. The molecule has 0 aliphatic rings. The molecule has 1 heterocycles. The Labute approximate surface area is 93.7 Å². The van der Waals surface area contributed by atoms with E-state index in [1.807, 2.05) is 18.2 Å². The molecule has 0 saturated carbocycles. The van der Waals surface area contributed by atoms with Crippen LogP contribution in [0, 0.1) is 0 Å². The molecular formula is C12H16N2O2. The molecule has 1 atom stereocenters. The second-order valence-corrected chi connectivity index (χ2v) is 4.00. The predicted molar refractivity (Wildman–Crippen MR) is 63.4 cm³/mol. The van der Waals surface area contributed by atoms with Gasteiger partial charge in [-0.25, -0.2) is 4.79 Å². The third-order valence-corrected chi connectivity index (χ3v) is 2.65. The van der Waals surface area contributed by atoms with Crippen molar-refractivity contribution in [3.63, 3.8) is 0 Å². The third-order valence-electron chi connectivity index (χ3n) is 2.65. The van der Waals surface area contributed by atoms with E-state index in [0.29, 0.717) is 12.1 Å². The topological polar surface area (TPSA) is 61.2 Å². The molecular weight excluding hydrogens is 204 g/mol. The Bertz CT molecular complexity index is 527. The van der Waals surface area contributed by atoms with Gasteiger partial charge in [0.05, 0.1) is 5.52 Å². The van der Waals surface area contributed by atoms with E-state index in [0.717, 1.165) is 18.4 Å². The summed E-state index contributed by atoms with van der Waals surface area (Å²) in [4.78, 5) is 11.6. The van der Waals surface area contributed by atoms with Crippen molar-refractivity contribution in [2.45, 2.75) is 32.4 Å². The molecule has 2 N–H and O–H groups in total. The molecule has 0 spiro atoms. The number of rotatable bonds is 4. The highest BCUT2D eigenvalue weighted by Crippen LogP contribution is 2.12. The van der Waals surface area contributed by atoms with Gasteiger partial charge >= 0.3 is 5.76 Å². The maximum Gasteiger partial charge on any atom is 0.420 e. The van der Waals surface area contributed by atoms with E-state index in [1.54, 1.807) is 10.6 Å². The van der Waals surface area contributed by atoms with Crippen LogP contribution in [0.15, 0.2) is 33.5 Å². The smallest absolute Gasteiger partial charge is 0.408 e. The van der Waals surface area contributed by atoms with E-state index in [-0.39, 0.29) is 11.8 Å². The van der Waals surface area contributed by atoms with E-state index in [2.05, 4.69) is 6.92 Å². The molecule has 0 fully saturated rings. The minimum absolute atomic E-state index is 0.00343. The van der Waals surface area contributed by atoms with Crippen molar-refractivity contribution < 1.29 is 4.42 Å². The van der Waals surface area contributed by atoms with Crippen LogP contribution in [-0.2, 0) is 6.54 Å². The summed E-state index contributed by atoms with van der Waals surface area (Å²) in [6.45, 7) is 2.60. The van der Waals surface area contributed by atoms with Gasteiger partial charge in [-0.3, -0.25) is 4.57 Å². The Morgan fingerprint density at radius 1 is 1.44 bits per heavy atom. The Balaban J connectivity index is 2.36. The highest BCUT2D eigenvalue weighted by atomic mass is 16.4. The SMILES string of the molecule is CCCC(N)Cn1c(=O)oc2ccccc21. The summed E-state index contributed by atoms with van der Waals surface area (Å²) >= 11 is 0. The lowest BCUT2D eigenvalue weighted by molar-refractivity contribution is 0.460. The van der Waals surface area contributed by atoms with Gasteiger partial charge < -0.3 is 10.2 Å². The van der Waals surface area contributed by atoms with Gasteiger partial charge in [0.25, 0.3) is 0 Å². The molecule has 4 heteroatoms. The average molecular weight is 220 g/mol. The second kappa shape index (κ2) is 4.53. The Morgan fingerprint density at radius 2 is 2.19 bits per heavy atom. The van der Waals surface area contributed by atoms with E-state index < -0.39 is 0 Å². The first-order chi connectivity index (χ1) is 7.72. The van der Waals surface area contributed by atoms with Crippen molar-refractivity contribution in [1.29, 1.82) is 0 Å². The number of benzene rings is 1. The van der Waals surface area contributed by atoms with E-state index >= 15 is 0 Å². The molecule has 2 aromatic rings. The summed E-state index contributed by atoms with van der Waals surface area (Å²) in [5, 5.41) is 0. The molecule has 1 aromatic carbocycles. The highest BCUT2D eigenvalue weighted by Gasteiger charge is 2.11. The van der Waals surface area contributed by atoms with E-state index in [9.17, 15) is 4.79 Å². The minimum Gasteiger partial charge on any atom is -0.408 e. The van der Waals surface area contributed by atoms with Crippen molar-refractivity contribution >= 4 is 11.1 Å². The van der Waals surface area contributed by atoms with Crippen LogP contribution in [0.25, 0.3) is 11.1 Å². The van der Waals surface area contributed by atoms with E-state index in [1.165, 1.54) is 0 Å². The maximum atomic E-state index is 11.6. The van der Waals surface area contributed by atoms with Crippen LogP contribution in [0.1, 0.15) is 19.8 Å². The van der Waals surface area contributed by atoms with Crippen molar-refractivity contribution in [2.75, 3.05) is 0 Å². The fourth-order valence-corrected chi connectivity index (χ4v) is 1.88. The Kier molecular flexibility index (Phi) is 3.10. The second-order valence-electron chi connectivity index (χ2n) is 4.00. The summed E-state index contributed by atoms with van der Waals surface area (Å²) in [5.74, 6) is -0.326. The number of nitrogens with zero attached hydrogens (tertiary/aromatic N) is 1. The van der Waals surface area contributed by atoms with Crippen molar-refractivity contribution in [3.05, 3.63) is 34.8 Å². The van der Waals surface area contributed by atoms with Crippen molar-refractivity contribution in [1.82, 2.24) is 4.57 Å². The zero-order chi connectivity index (χ0) is 11.5. The monoisotopic (exact) mass is 220 g/mol. The number of fused-ring (bicyclic) bond motifs is 1. The third kappa shape index (κ3) is 2.02. The molecule has 0 bridgehead atoms. The van der Waals surface area contributed by atoms with Gasteiger partial charge in [-0.2, -0.15) is 0 Å². The number of hydrogen-bond donors (Lipinski definition) is 1. The van der Waals surface area contributed by atoms with Gasteiger partial charge in [-0.1, -0.05) is 25.5 Å². The standard InChI is InChI=1S/C12H16N2O2/c1-2-5-9(13)8-14-10-6-3-4-7-11(10)16-12(14)15/h3-4,6-7,9H,2,5,8,13H2,1H3. The Hall–Kier alpha value is -1.55. The lowest BCUT2D eigenvalue weighted by atomic mass is 10.2. The van der Waals surface area contributed by atoms with Crippen LogP contribution in [0.4, 0.5) is 0 Å². The molecule has 4 nitrogen and oxygen atoms in total. The van der Waals surface area contributed by atoms with Crippen LogP contribution < -0.4 is 11.5 Å². The van der Waals surface area contributed by atoms with Gasteiger partial charge in [0.15, 0.2) is 5.58 Å². The summed E-state index contributed by atoms with van der Waals surface area (Å²) in [6.07, 6.45) is 1.93. The molecule has 2 rings (SSSR count). The summed E-state index contributed by atoms with van der Waals surface area (Å²) in [6, 6.07) is 7.40. The molecule has 16 heavy (non-hydrogen) atoms. The number of hydrogen-bond acceptors (Lipinski definition) is 3. The van der Waals surface area contributed by atoms with Crippen LogP contribution in [-0.4, -0.2) is 10.6 Å². The summed E-state index contributed by atoms with van der Waals surface area (Å²) < 4.78 is 6.74. The summed E-state index contributed by atoms with van der Waals surface area (Å²) in [5.41, 5.74) is 7.37. The fourth-order valence-electron chi connectivity index (χ4n) is 1.88. The molecule has 0 aliphatic heterocycles. The molecule has 0 radical (unpaired) electrons. The largest absolute Gasteiger partial charge is 0.420 e. The molecule has 0 aliphatic carbocycles. The lowest BCUT2D eigenvalue weighted by Crippen LogP contribution is -2.30. The fraction of sp³-hybridized carbons (Fsp3) is 0.417. The summed E-state index contributed by atoms with van der Waals surface area (Å²) in [7, 11) is 0. The van der Waals surface area contributed by atoms with Gasteiger partial charge in [0.2, 0.25) is 0 Å². The first-order valence-corrected chi connectivity index (χ1v) is 5.56. The van der Waals surface area contributed by atoms with Crippen LogP contribution in [0.5, 0.6) is 0 Å². The van der Waals surface area contributed by atoms with Gasteiger partial charge in [-0.15, -0.1) is 0 Å².